The molecule has 1 aliphatic heterocycles. The third kappa shape index (κ3) is 4.48. The van der Waals surface area contributed by atoms with Crippen LogP contribution >= 0.6 is 0 Å². The molecule has 0 bridgehead atoms. The highest BCUT2D eigenvalue weighted by molar-refractivity contribution is 6.74. The van der Waals surface area contributed by atoms with Gasteiger partial charge in [-0.25, -0.2) is 0 Å². The fraction of sp³-hybridized carbons (Fsp3) is 0.727. The molecule has 0 aromatic heterocycles. The molecule has 1 N–H and O–H groups in total. The molecule has 27 heavy (non-hydrogen) atoms. The quantitative estimate of drug-likeness (QED) is 0.729. The van der Waals surface area contributed by atoms with Crippen LogP contribution in [0.4, 0.5) is 0 Å². The second-order valence-corrected chi connectivity index (χ2v) is 14.7. The van der Waals surface area contributed by atoms with Gasteiger partial charge in [-0.3, -0.25) is 0 Å². The van der Waals surface area contributed by atoms with Crippen molar-refractivity contribution in [2.75, 3.05) is 19.8 Å². The second kappa shape index (κ2) is 7.60. The van der Waals surface area contributed by atoms with Crippen LogP contribution in [-0.2, 0) is 13.9 Å². The first kappa shape index (κ1) is 21.0. The minimum atomic E-state index is -1.90. The molecule has 1 spiro atoms. The van der Waals surface area contributed by atoms with Crippen LogP contribution in [0.2, 0.25) is 18.1 Å². The highest BCUT2D eigenvalue weighted by atomic mass is 28.4. The number of aliphatic hydroxyl groups excluding tert-OH is 1. The lowest BCUT2D eigenvalue weighted by atomic mass is 9.81. The first-order valence-corrected chi connectivity index (χ1v) is 13.2. The molecule has 5 heteroatoms. The summed E-state index contributed by atoms with van der Waals surface area (Å²) in [5.41, 5.74) is 0.676. The molecule has 1 aliphatic carbocycles. The largest absolute Gasteiger partial charge is 0.414 e. The van der Waals surface area contributed by atoms with Gasteiger partial charge in [0.1, 0.15) is 5.60 Å². The molecule has 0 radical (unpaired) electrons. The van der Waals surface area contributed by atoms with Crippen LogP contribution in [0, 0.1) is 0 Å². The van der Waals surface area contributed by atoms with Crippen molar-refractivity contribution in [1.82, 2.24) is 0 Å². The van der Waals surface area contributed by atoms with E-state index in [2.05, 4.69) is 64.2 Å². The van der Waals surface area contributed by atoms with E-state index >= 15 is 0 Å². The van der Waals surface area contributed by atoms with Gasteiger partial charge in [-0.2, -0.15) is 0 Å². The molecule has 3 rings (SSSR count). The first-order valence-electron chi connectivity index (χ1n) is 10.2. The van der Waals surface area contributed by atoms with Gasteiger partial charge in [-0.1, -0.05) is 51.1 Å². The maximum atomic E-state index is 10.1. The maximum Gasteiger partial charge on any atom is 0.192 e. The predicted molar refractivity (Wildman–Crippen MR) is 110 cm³/mol. The summed E-state index contributed by atoms with van der Waals surface area (Å²) in [4.78, 5) is 0. The molecule has 1 saturated carbocycles. The van der Waals surface area contributed by atoms with Gasteiger partial charge in [0, 0.05) is 12.8 Å². The number of rotatable bonds is 5. The molecule has 2 aliphatic rings. The van der Waals surface area contributed by atoms with Crippen molar-refractivity contribution in [1.29, 1.82) is 0 Å². The highest BCUT2D eigenvalue weighted by Gasteiger charge is 2.53. The van der Waals surface area contributed by atoms with E-state index in [4.69, 9.17) is 13.9 Å². The van der Waals surface area contributed by atoms with Crippen LogP contribution in [0.1, 0.15) is 57.9 Å². The van der Waals surface area contributed by atoms with E-state index in [1.165, 1.54) is 5.56 Å². The van der Waals surface area contributed by atoms with Gasteiger partial charge in [-0.05, 0) is 42.5 Å². The van der Waals surface area contributed by atoms with Crippen LogP contribution in [0.3, 0.4) is 0 Å². The van der Waals surface area contributed by atoms with E-state index in [0.29, 0.717) is 19.1 Å². The topological polar surface area (TPSA) is 47.9 Å². The Hall–Kier alpha value is -0.723. The van der Waals surface area contributed by atoms with Gasteiger partial charge >= 0.3 is 0 Å². The third-order valence-electron chi connectivity index (χ3n) is 6.81. The smallest absolute Gasteiger partial charge is 0.192 e. The number of ether oxygens (including phenoxy) is 2. The van der Waals surface area contributed by atoms with Crippen molar-refractivity contribution in [3.63, 3.8) is 0 Å². The zero-order valence-electron chi connectivity index (χ0n) is 17.6. The van der Waals surface area contributed by atoms with E-state index in [9.17, 15) is 5.11 Å². The summed E-state index contributed by atoms with van der Waals surface area (Å²) in [6, 6.07) is 10.7. The zero-order chi connectivity index (χ0) is 19.8. The summed E-state index contributed by atoms with van der Waals surface area (Å²) in [6.07, 6.45) is 3.84. The molecule has 1 aromatic carbocycles. The standard InChI is InChI=1S/C22H36O4Si/c1-20(2,3)27(4,5)25-17-21(15-23)16-24-22(26-21)13-11-19(12-14-22)18-9-7-6-8-10-18/h6-10,19,23H,11-17H2,1-5H3/t19?,21-,22?/m0/s1. The Morgan fingerprint density at radius 2 is 1.78 bits per heavy atom. The van der Waals surface area contributed by atoms with Crippen LogP contribution < -0.4 is 0 Å². The number of aliphatic hydroxyl groups is 1. The maximum absolute atomic E-state index is 10.1. The average Bonchev–Trinajstić information content (AvgIpc) is 3.00. The van der Waals surface area contributed by atoms with E-state index < -0.39 is 19.7 Å². The lowest BCUT2D eigenvalue weighted by Crippen LogP contribution is -2.50. The van der Waals surface area contributed by atoms with Crippen molar-refractivity contribution >= 4 is 8.32 Å². The van der Waals surface area contributed by atoms with Crippen molar-refractivity contribution in [2.24, 2.45) is 0 Å². The van der Waals surface area contributed by atoms with Gasteiger partial charge in [0.2, 0.25) is 0 Å². The molecule has 0 unspecified atom stereocenters. The van der Waals surface area contributed by atoms with Crippen molar-refractivity contribution in [3.8, 4) is 0 Å². The Morgan fingerprint density at radius 1 is 1.15 bits per heavy atom. The zero-order valence-corrected chi connectivity index (χ0v) is 18.6. The molecule has 1 atom stereocenters. The fourth-order valence-corrected chi connectivity index (χ4v) is 4.86. The van der Waals surface area contributed by atoms with Gasteiger partial charge < -0.3 is 19.0 Å². The van der Waals surface area contributed by atoms with Crippen LogP contribution in [-0.4, -0.2) is 44.6 Å². The molecule has 1 heterocycles. The predicted octanol–water partition coefficient (Wildman–Crippen LogP) is 4.84. The van der Waals surface area contributed by atoms with Gasteiger partial charge in [0.25, 0.3) is 0 Å². The Balaban J connectivity index is 1.61. The van der Waals surface area contributed by atoms with Crippen LogP contribution in [0.25, 0.3) is 0 Å². The highest BCUT2D eigenvalue weighted by Crippen LogP contribution is 2.46. The van der Waals surface area contributed by atoms with Gasteiger partial charge in [0.15, 0.2) is 14.1 Å². The third-order valence-corrected chi connectivity index (χ3v) is 11.3. The lowest BCUT2D eigenvalue weighted by Gasteiger charge is -2.40. The van der Waals surface area contributed by atoms with Gasteiger partial charge in [0.05, 0.1) is 19.8 Å². The Morgan fingerprint density at radius 3 is 2.33 bits per heavy atom. The number of benzene rings is 1. The number of hydrogen-bond donors (Lipinski definition) is 1. The minimum Gasteiger partial charge on any atom is -0.414 e. The number of hydrogen-bond acceptors (Lipinski definition) is 4. The van der Waals surface area contributed by atoms with E-state index in [1.54, 1.807) is 0 Å². The SMILES string of the molecule is CC(C)(C)[Si](C)(C)OC[C@]1(CO)COC2(CCC(c3ccccc3)CC2)O1. The molecular weight excluding hydrogens is 356 g/mol. The molecular formula is C22H36O4Si. The normalized spacial score (nSPS) is 32.1. The molecule has 152 valence electrons. The van der Waals surface area contributed by atoms with E-state index in [-0.39, 0.29) is 11.6 Å². The summed E-state index contributed by atoms with van der Waals surface area (Å²) < 4.78 is 19.0. The van der Waals surface area contributed by atoms with Crippen LogP contribution in [0.5, 0.6) is 0 Å². The second-order valence-electron chi connectivity index (χ2n) is 9.88. The van der Waals surface area contributed by atoms with E-state index in [1.807, 2.05) is 0 Å². The van der Waals surface area contributed by atoms with Crippen molar-refractivity contribution in [3.05, 3.63) is 35.9 Å². The molecule has 1 saturated heterocycles. The molecule has 0 amide bonds. The van der Waals surface area contributed by atoms with Crippen molar-refractivity contribution in [2.45, 2.75) is 81.9 Å². The monoisotopic (exact) mass is 392 g/mol. The molecule has 1 aromatic rings. The Labute approximate surface area is 165 Å². The van der Waals surface area contributed by atoms with Crippen molar-refractivity contribution < 1.29 is 19.0 Å². The Kier molecular flexibility index (Phi) is 5.91. The summed E-state index contributed by atoms with van der Waals surface area (Å²) in [5, 5.41) is 10.2. The molecule has 4 nitrogen and oxygen atoms in total. The minimum absolute atomic E-state index is 0.0640. The first-order chi connectivity index (χ1) is 12.6. The lowest BCUT2D eigenvalue weighted by molar-refractivity contribution is -0.216. The molecule has 2 fully saturated rings. The Bertz CT molecular complexity index is 617. The van der Waals surface area contributed by atoms with E-state index in [0.717, 1.165) is 25.7 Å². The summed E-state index contributed by atoms with van der Waals surface area (Å²) in [6.45, 7) is 11.9. The fourth-order valence-electron chi connectivity index (χ4n) is 3.80. The average molecular weight is 393 g/mol. The van der Waals surface area contributed by atoms with Crippen LogP contribution in [0.15, 0.2) is 30.3 Å². The summed E-state index contributed by atoms with van der Waals surface area (Å²) >= 11 is 0. The summed E-state index contributed by atoms with van der Waals surface area (Å²) in [7, 11) is -1.90. The summed E-state index contributed by atoms with van der Waals surface area (Å²) in [5.74, 6) is 0.0155. The van der Waals surface area contributed by atoms with Gasteiger partial charge in [-0.15, -0.1) is 0 Å².